The number of aromatic nitrogens is 2. The zero-order valence-electron chi connectivity index (χ0n) is 16.9. The lowest BCUT2D eigenvalue weighted by molar-refractivity contribution is 0.0527. The highest BCUT2D eigenvalue weighted by Crippen LogP contribution is 2.23. The molecule has 0 bridgehead atoms. The van der Waals surface area contributed by atoms with Gasteiger partial charge in [-0.1, -0.05) is 12.8 Å². The minimum atomic E-state index is -0.478. The number of rotatable bonds is 7. The van der Waals surface area contributed by atoms with E-state index in [1.165, 1.54) is 11.6 Å². The quantitative estimate of drug-likeness (QED) is 0.736. The first kappa shape index (κ1) is 20.9. The van der Waals surface area contributed by atoms with Gasteiger partial charge in [-0.3, -0.25) is 13.9 Å². The normalized spacial score (nSPS) is 13.3. The second-order valence-electron chi connectivity index (χ2n) is 7.96. The van der Waals surface area contributed by atoms with E-state index in [4.69, 9.17) is 4.74 Å². The summed E-state index contributed by atoms with van der Waals surface area (Å²) in [4.78, 5) is 40.2. The van der Waals surface area contributed by atoms with Gasteiger partial charge in [0.1, 0.15) is 11.4 Å². The van der Waals surface area contributed by atoms with Crippen LogP contribution in [-0.2, 0) is 25.3 Å². The Labute approximate surface area is 159 Å². The molecule has 8 heteroatoms. The summed E-state index contributed by atoms with van der Waals surface area (Å²) in [7, 11) is 3.14. The van der Waals surface area contributed by atoms with Crippen molar-refractivity contribution >= 4 is 17.6 Å². The Hall–Kier alpha value is -2.38. The number of carbonyl (C=O) groups is 1. The average molecular weight is 378 g/mol. The largest absolute Gasteiger partial charge is 0.444 e. The van der Waals surface area contributed by atoms with E-state index in [2.05, 4.69) is 10.3 Å². The van der Waals surface area contributed by atoms with Gasteiger partial charge in [-0.2, -0.15) is 0 Å². The summed E-state index contributed by atoms with van der Waals surface area (Å²) in [6.45, 7) is 6.11. The van der Waals surface area contributed by atoms with Crippen LogP contribution in [0.25, 0.3) is 0 Å². The van der Waals surface area contributed by atoms with Gasteiger partial charge >= 0.3 is 11.8 Å². The van der Waals surface area contributed by atoms with E-state index in [0.29, 0.717) is 24.3 Å². The van der Waals surface area contributed by atoms with Gasteiger partial charge in [-0.05, 0) is 40.0 Å². The molecule has 0 aliphatic carbocycles. The first-order valence-corrected chi connectivity index (χ1v) is 9.42. The monoisotopic (exact) mass is 378 g/mol. The van der Waals surface area contributed by atoms with Crippen LogP contribution >= 0.6 is 0 Å². The van der Waals surface area contributed by atoms with Crippen molar-refractivity contribution in [3.8, 4) is 0 Å². The number of nitrogens with one attached hydrogen (secondary N) is 1. The van der Waals surface area contributed by atoms with Gasteiger partial charge in [0.05, 0.1) is 5.56 Å². The van der Waals surface area contributed by atoms with Gasteiger partial charge in [0.15, 0.2) is 0 Å². The number of hydrogen-bond acceptors (Lipinski definition) is 5. The van der Waals surface area contributed by atoms with E-state index in [-0.39, 0.29) is 17.3 Å². The van der Waals surface area contributed by atoms with Crippen LogP contribution in [0.15, 0.2) is 14.6 Å². The molecule has 27 heavy (non-hydrogen) atoms. The topological polar surface area (TPSA) is 94.7 Å². The third kappa shape index (κ3) is 5.55. The van der Waals surface area contributed by atoms with Crippen LogP contribution in [0.2, 0.25) is 0 Å². The van der Waals surface area contributed by atoms with Gasteiger partial charge in [0.25, 0.3) is 5.56 Å². The van der Waals surface area contributed by atoms with Crippen molar-refractivity contribution in [1.82, 2.24) is 14.5 Å². The fraction of sp³-hybridized carbons (Fsp3) is 0.684. The van der Waals surface area contributed by atoms with Crippen LogP contribution in [0.3, 0.4) is 0 Å². The second-order valence-corrected chi connectivity index (χ2v) is 7.96. The maximum absolute atomic E-state index is 12.2. The van der Waals surface area contributed by atoms with Gasteiger partial charge in [0.2, 0.25) is 0 Å². The van der Waals surface area contributed by atoms with Crippen molar-refractivity contribution in [3.63, 3.8) is 0 Å². The Morgan fingerprint density at radius 1 is 1.11 bits per heavy atom. The fourth-order valence-corrected chi connectivity index (χ4v) is 3.05. The van der Waals surface area contributed by atoms with E-state index >= 15 is 0 Å². The van der Waals surface area contributed by atoms with Crippen molar-refractivity contribution < 1.29 is 9.53 Å². The van der Waals surface area contributed by atoms with Crippen molar-refractivity contribution in [2.45, 2.75) is 64.9 Å². The summed E-state index contributed by atoms with van der Waals surface area (Å²) >= 11 is 0. The van der Waals surface area contributed by atoms with Crippen LogP contribution in [0.1, 0.15) is 58.4 Å². The Balaban J connectivity index is 1.70. The minimum Gasteiger partial charge on any atom is -0.444 e. The molecule has 0 aromatic carbocycles. The predicted molar refractivity (Wildman–Crippen MR) is 105 cm³/mol. The van der Waals surface area contributed by atoms with Gasteiger partial charge in [0, 0.05) is 32.8 Å². The lowest BCUT2D eigenvalue weighted by Crippen LogP contribution is -2.38. The highest BCUT2D eigenvalue weighted by molar-refractivity contribution is 5.93. The van der Waals surface area contributed by atoms with Gasteiger partial charge in [-0.25, -0.2) is 14.6 Å². The molecule has 1 aromatic rings. The maximum Gasteiger partial charge on any atom is 0.407 e. The van der Waals surface area contributed by atoms with Gasteiger partial charge in [-0.15, -0.1) is 0 Å². The molecule has 0 atom stereocenters. The molecule has 0 fully saturated rings. The Morgan fingerprint density at radius 2 is 1.78 bits per heavy atom. The van der Waals surface area contributed by atoms with Crippen molar-refractivity contribution in [1.29, 1.82) is 0 Å². The smallest absolute Gasteiger partial charge is 0.407 e. The van der Waals surface area contributed by atoms with Crippen LogP contribution < -0.4 is 16.6 Å². The van der Waals surface area contributed by atoms with Crippen molar-refractivity contribution in [2.75, 3.05) is 6.54 Å². The van der Waals surface area contributed by atoms with Crippen molar-refractivity contribution in [2.24, 2.45) is 19.1 Å². The molecule has 0 unspecified atom stereocenters. The zero-order chi connectivity index (χ0) is 20.2. The summed E-state index contributed by atoms with van der Waals surface area (Å²) in [5.74, 6) is 0.500. The third-order valence-electron chi connectivity index (χ3n) is 4.43. The summed E-state index contributed by atoms with van der Waals surface area (Å²) in [5, 5.41) is 2.75. The number of unbranched alkanes of at least 4 members (excludes halogenated alkanes) is 3. The standard InChI is InChI=1S/C19H30N4O4/c1-19(2,3)27-17(25)20-11-9-7-6-8-10-13-12-14-15(21-13)22(4)18(26)23(5)16(14)24/h6-12H2,1-5H3,(H,20,25). The molecule has 1 aliphatic heterocycles. The number of amides is 1. The van der Waals surface area contributed by atoms with E-state index in [0.717, 1.165) is 42.4 Å². The van der Waals surface area contributed by atoms with E-state index in [1.807, 2.05) is 20.8 Å². The minimum absolute atomic E-state index is 0.250. The Morgan fingerprint density at radius 3 is 2.44 bits per heavy atom. The number of carbonyl (C=O) groups excluding carboxylic acids is 1. The first-order valence-electron chi connectivity index (χ1n) is 9.42. The lowest BCUT2D eigenvalue weighted by atomic mass is 10.1. The van der Waals surface area contributed by atoms with Crippen LogP contribution in [0.4, 0.5) is 10.6 Å². The number of nitrogens with zero attached hydrogens (tertiary/aromatic N) is 3. The molecular weight excluding hydrogens is 348 g/mol. The van der Waals surface area contributed by atoms with E-state index in [1.54, 1.807) is 7.05 Å². The van der Waals surface area contributed by atoms with Crippen LogP contribution in [0, 0.1) is 0 Å². The van der Waals surface area contributed by atoms with Crippen molar-refractivity contribution in [3.05, 3.63) is 26.4 Å². The molecule has 150 valence electrons. The molecule has 2 heterocycles. The van der Waals surface area contributed by atoms with Crippen LogP contribution in [0.5, 0.6) is 0 Å². The zero-order valence-corrected chi connectivity index (χ0v) is 16.9. The summed E-state index contributed by atoms with van der Waals surface area (Å²) in [6, 6.07) is 0. The average Bonchev–Trinajstić information content (AvgIpc) is 3.00. The summed E-state index contributed by atoms with van der Waals surface area (Å²) in [5.41, 5.74) is 0.487. The lowest BCUT2D eigenvalue weighted by Gasteiger charge is -2.19. The molecule has 1 aliphatic rings. The van der Waals surface area contributed by atoms with Crippen LogP contribution in [-0.4, -0.2) is 33.1 Å². The molecule has 0 spiro atoms. The first-order chi connectivity index (χ1) is 12.6. The highest BCUT2D eigenvalue weighted by Gasteiger charge is 2.22. The van der Waals surface area contributed by atoms with E-state index < -0.39 is 5.60 Å². The molecule has 1 N–H and O–H groups in total. The molecule has 0 radical (unpaired) electrons. The number of ether oxygens (including phenoxy) is 1. The maximum atomic E-state index is 12.2. The molecular formula is C19H30N4O4. The van der Waals surface area contributed by atoms with Gasteiger partial charge < -0.3 is 10.1 Å². The molecule has 0 saturated carbocycles. The Kier molecular flexibility index (Phi) is 6.62. The Bertz CT molecular complexity index is 843. The third-order valence-corrected chi connectivity index (χ3v) is 4.43. The predicted octanol–water partition coefficient (Wildman–Crippen LogP) is 2.19. The highest BCUT2D eigenvalue weighted by atomic mass is 16.6. The molecule has 1 amide bonds. The number of aliphatic imine (C=N–C) groups is 1. The summed E-state index contributed by atoms with van der Waals surface area (Å²) < 4.78 is 7.75. The molecule has 0 saturated heterocycles. The second kappa shape index (κ2) is 8.54. The SMILES string of the molecule is Cn1c2c(c(=O)n(C)c1=O)CC(CCCCCCNC(=O)OC(C)(C)C)=N2. The molecule has 8 nitrogen and oxygen atoms in total. The molecule has 2 rings (SSSR count). The fourth-order valence-electron chi connectivity index (χ4n) is 3.05. The summed E-state index contributed by atoms with van der Waals surface area (Å²) in [6.07, 6.45) is 4.82. The number of alkyl carbamates (subject to hydrolysis) is 1. The molecule has 1 aromatic heterocycles. The number of hydrogen-bond donors (Lipinski definition) is 1. The number of fused-ring (bicyclic) bond motifs is 1. The van der Waals surface area contributed by atoms with E-state index in [9.17, 15) is 14.4 Å².